The molecule has 30 heavy (non-hydrogen) atoms. The maximum absolute atomic E-state index is 12.5. The molecule has 0 spiro atoms. The molecule has 2 rings (SSSR count). The second kappa shape index (κ2) is 13.4. The van der Waals surface area contributed by atoms with Crippen LogP contribution in [0.2, 0.25) is 0 Å². The summed E-state index contributed by atoms with van der Waals surface area (Å²) in [7, 11) is 0. The predicted molar refractivity (Wildman–Crippen MR) is 123 cm³/mol. The highest BCUT2D eigenvalue weighted by Gasteiger charge is 2.38. The van der Waals surface area contributed by atoms with Gasteiger partial charge in [-0.3, -0.25) is 29.0 Å². The molecule has 0 aromatic rings. The highest BCUT2D eigenvalue weighted by molar-refractivity contribution is 8.00. The minimum atomic E-state index is -0.216. The molecule has 6 nitrogen and oxygen atoms in total. The molecule has 4 amide bonds. The molecule has 2 fully saturated rings. The van der Waals surface area contributed by atoms with Gasteiger partial charge in [-0.15, -0.1) is 11.8 Å². The summed E-state index contributed by atoms with van der Waals surface area (Å²) in [5, 5.41) is -0.410. The maximum Gasteiger partial charge on any atom is 0.242 e. The molecule has 2 atom stereocenters. The zero-order valence-corrected chi connectivity index (χ0v) is 20.0. The van der Waals surface area contributed by atoms with Crippen molar-refractivity contribution in [2.75, 3.05) is 25.1 Å². The SMILES string of the molecule is CCCCCCCSC1CC(=O)N(CCCCCCN2C(=O)CC(SC)C2=O)C1=O. The van der Waals surface area contributed by atoms with Crippen LogP contribution in [0.5, 0.6) is 0 Å². The van der Waals surface area contributed by atoms with Gasteiger partial charge in [0.25, 0.3) is 0 Å². The lowest BCUT2D eigenvalue weighted by Gasteiger charge is -2.16. The quantitative estimate of drug-likeness (QED) is 0.275. The third kappa shape index (κ3) is 7.29. The molecule has 170 valence electrons. The largest absolute Gasteiger partial charge is 0.282 e. The summed E-state index contributed by atoms with van der Waals surface area (Å²) >= 11 is 3.07. The Bertz CT molecular complexity index is 614. The van der Waals surface area contributed by atoms with E-state index in [1.165, 1.54) is 47.2 Å². The van der Waals surface area contributed by atoms with Crippen LogP contribution in [-0.2, 0) is 19.2 Å². The summed E-state index contributed by atoms with van der Waals surface area (Å²) in [4.78, 5) is 51.5. The van der Waals surface area contributed by atoms with Crippen molar-refractivity contribution < 1.29 is 19.2 Å². The summed E-state index contributed by atoms with van der Waals surface area (Å²) < 4.78 is 0. The Balaban J connectivity index is 1.57. The van der Waals surface area contributed by atoms with Crippen LogP contribution in [-0.4, -0.2) is 69.0 Å². The van der Waals surface area contributed by atoms with Crippen LogP contribution in [0.1, 0.15) is 77.6 Å². The van der Waals surface area contributed by atoms with Gasteiger partial charge in [-0.2, -0.15) is 11.8 Å². The van der Waals surface area contributed by atoms with Crippen LogP contribution in [0.25, 0.3) is 0 Å². The van der Waals surface area contributed by atoms with E-state index in [1.807, 2.05) is 6.26 Å². The first-order valence-electron chi connectivity index (χ1n) is 11.3. The number of likely N-dealkylation sites (tertiary alicyclic amines) is 2. The van der Waals surface area contributed by atoms with Crippen LogP contribution in [0, 0.1) is 0 Å². The van der Waals surface area contributed by atoms with E-state index in [1.54, 1.807) is 11.8 Å². The van der Waals surface area contributed by atoms with Gasteiger partial charge in [0.05, 0.1) is 10.5 Å². The minimum Gasteiger partial charge on any atom is -0.282 e. The zero-order valence-electron chi connectivity index (χ0n) is 18.4. The number of thioether (sulfide) groups is 2. The Labute approximate surface area is 189 Å². The predicted octanol–water partition coefficient (Wildman–Crippen LogP) is 3.87. The number of unbranched alkanes of at least 4 members (excludes halogenated alkanes) is 7. The van der Waals surface area contributed by atoms with E-state index < -0.39 is 0 Å². The topological polar surface area (TPSA) is 74.8 Å². The first kappa shape index (κ1) is 25.2. The molecule has 0 N–H and O–H groups in total. The van der Waals surface area contributed by atoms with Gasteiger partial charge in [0.2, 0.25) is 23.6 Å². The Morgan fingerprint density at radius 1 is 0.733 bits per heavy atom. The molecule has 2 heterocycles. The van der Waals surface area contributed by atoms with Gasteiger partial charge >= 0.3 is 0 Å². The molecule has 2 unspecified atom stereocenters. The summed E-state index contributed by atoms with van der Waals surface area (Å²) in [5.41, 5.74) is 0. The van der Waals surface area contributed by atoms with Gasteiger partial charge in [0.1, 0.15) is 0 Å². The third-order valence-corrected chi connectivity index (χ3v) is 8.00. The van der Waals surface area contributed by atoms with Crippen LogP contribution in [0.3, 0.4) is 0 Å². The van der Waals surface area contributed by atoms with Crippen LogP contribution < -0.4 is 0 Å². The molecule has 8 heteroatoms. The number of nitrogens with zero attached hydrogens (tertiary/aromatic N) is 2. The van der Waals surface area contributed by atoms with Crippen molar-refractivity contribution in [3.63, 3.8) is 0 Å². The van der Waals surface area contributed by atoms with Crippen LogP contribution in [0.4, 0.5) is 0 Å². The van der Waals surface area contributed by atoms with Crippen LogP contribution in [0.15, 0.2) is 0 Å². The molecule has 2 aliphatic rings. The zero-order chi connectivity index (χ0) is 21.9. The lowest BCUT2D eigenvalue weighted by molar-refractivity contribution is -0.140. The van der Waals surface area contributed by atoms with E-state index in [4.69, 9.17) is 0 Å². The summed E-state index contributed by atoms with van der Waals surface area (Å²) in [5.74, 6) is 0.762. The van der Waals surface area contributed by atoms with Crippen LogP contribution >= 0.6 is 23.5 Å². The molecule has 0 aromatic heterocycles. The smallest absolute Gasteiger partial charge is 0.242 e. The molecule has 0 saturated carbocycles. The third-order valence-electron chi connectivity index (χ3n) is 5.77. The number of carbonyl (C=O) groups excluding carboxylic acids is 4. The van der Waals surface area contributed by atoms with Gasteiger partial charge in [-0.1, -0.05) is 45.4 Å². The molecule has 0 aliphatic carbocycles. The van der Waals surface area contributed by atoms with Crippen molar-refractivity contribution in [3.8, 4) is 0 Å². The fourth-order valence-corrected chi connectivity index (χ4v) is 5.74. The van der Waals surface area contributed by atoms with Crippen molar-refractivity contribution in [1.82, 2.24) is 9.80 Å². The van der Waals surface area contributed by atoms with E-state index in [0.29, 0.717) is 25.9 Å². The molecule has 0 bridgehead atoms. The molecular formula is C22H36N2O4S2. The van der Waals surface area contributed by atoms with E-state index in [0.717, 1.165) is 37.9 Å². The van der Waals surface area contributed by atoms with E-state index in [9.17, 15) is 19.2 Å². The monoisotopic (exact) mass is 456 g/mol. The molecule has 2 saturated heterocycles. The highest BCUT2D eigenvalue weighted by atomic mass is 32.2. The first-order valence-corrected chi connectivity index (χ1v) is 13.7. The number of hydrogen-bond acceptors (Lipinski definition) is 6. The van der Waals surface area contributed by atoms with E-state index >= 15 is 0 Å². The number of rotatable bonds is 15. The minimum absolute atomic E-state index is 0.0186. The molecular weight excluding hydrogens is 420 g/mol. The van der Waals surface area contributed by atoms with Crippen molar-refractivity contribution in [3.05, 3.63) is 0 Å². The second-order valence-electron chi connectivity index (χ2n) is 8.09. The number of carbonyl (C=O) groups is 4. The summed E-state index contributed by atoms with van der Waals surface area (Å²) in [6.07, 6.45) is 11.9. The van der Waals surface area contributed by atoms with Crippen molar-refractivity contribution >= 4 is 47.2 Å². The van der Waals surface area contributed by atoms with Crippen molar-refractivity contribution in [1.29, 1.82) is 0 Å². The average Bonchev–Trinajstić information content (AvgIpc) is 3.16. The lowest BCUT2D eigenvalue weighted by Crippen LogP contribution is -2.32. The Kier molecular flexibility index (Phi) is 11.3. The van der Waals surface area contributed by atoms with Crippen molar-refractivity contribution in [2.45, 2.75) is 88.1 Å². The normalized spacial score (nSPS) is 22.1. The summed E-state index contributed by atoms with van der Waals surface area (Å²) in [6.45, 7) is 3.16. The van der Waals surface area contributed by atoms with Gasteiger partial charge in [0.15, 0.2) is 0 Å². The first-order chi connectivity index (χ1) is 14.5. The fraction of sp³-hybridized carbons (Fsp3) is 0.818. The number of hydrogen-bond donors (Lipinski definition) is 0. The number of amides is 4. The maximum atomic E-state index is 12.5. The van der Waals surface area contributed by atoms with Gasteiger partial charge in [0, 0.05) is 25.9 Å². The average molecular weight is 457 g/mol. The molecule has 2 aliphatic heterocycles. The molecule has 0 radical (unpaired) electrons. The van der Waals surface area contributed by atoms with E-state index in [2.05, 4.69) is 6.92 Å². The second-order valence-corrected chi connectivity index (χ2v) is 10.4. The Hall–Kier alpha value is -1.02. The van der Waals surface area contributed by atoms with Gasteiger partial charge in [-0.25, -0.2) is 0 Å². The fourth-order valence-electron chi connectivity index (χ4n) is 3.91. The van der Waals surface area contributed by atoms with Crippen molar-refractivity contribution in [2.24, 2.45) is 0 Å². The Morgan fingerprint density at radius 2 is 1.23 bits per heavy atom. The standard InChI is InChI=1S/C22H36N2O4S2/c1-3-4-5-8-11-14-30-18-16-20(26)24(22(18)28)13-10-7-6-9-12-23-19(25)15-17(29-2)21(23)27/h17-18H,3-16H2,1-2H3. The highest BCUT2D eigenvalue weighted by Crippen LogP contribution is 2.27. The Morgan fingerprint density at radius 3 is 1.77 bits per heavy atom. The summed E-state index contributed by atoms with van der Waals surface area (Å²) in [6, 6.07) is 0. The lowest BCUT2D eigenvalue weighted by atomic mass is 10.2. The van der Waals surface area contributed by atoms with Gasteiger partial charge in [-0.05, 0) is 31.3 Å². The van der Waals surface area contributed by atoms with E-state index in [-0.39, 0.29) is 34.1 Å². The van der Waals surface area contributed by atoms with Gasteiger partial charge < -0.3 is 0 Å². The molecule has 0 aromatic carbocycles. The number of imide groups is 2.